The van der Waals surface area contributed by atoms with Crippen molar-refractivity contribution >= 4 is 17.9 Å². The molecule has 0 aromatic rings. The predicted molar refractivity (Wildman–Crippen MR) is 343 cm³/mol. The van der Waals surface area contributed by atoms with Crippen molar-refractivity contribution in [3.8, 4) is 0 Å². The number of unbranched alkanes of at least 4 members (excludes halogenated alkanes) is 10. The van der Waals surface area contributed by atoms with Gasteiger partial charge in [0, 0.05) is 19.3 Å². The Kier molecular flexibility index (Phi) is 60.1. The summed E-state index contributed by atoms with van der Waals surface area (Å²) in [5.41, 5.74) is 0. The topological polar surface area (TPSA) is 78.9 Å². The van der Waals surface area contributed by atoms with Crippen molar-refractivity contribution in [1.29, 1.82) is 0 Å². The van der Waals surface area contributed by atoms with Crippen LogP contribution in [0.25, 0.3) is 0 Å². The zero-order chi connectivity index (χ0) is 57.1. The Bertz CT molecular complexity index is 1920. The number of hydrogen-bond donors (Lipinski definition) is 0. The van der Waals surface area contributed by atoms with Crippen LogP contribution < -0.4 is 0 Å². The highest BCUT2D eigenvalue weighted by Crippen LogP contribution is 2.12. The van der Waals surface area contributed by atoms with Gasteiger partial charge in [0.1, 0.15) is 13.2 Å². The molecule has 0 radical (unpaired) electrons. The van der Waals surface area contributed by atoms with Crippen LogP contribution in [0.2, 0.25) is 0 Å². The maximum atomic E-state index is 12.9. The van der Waals surface area contributed by atoms with Gasteiger partial charge in [-0.2, -0.15) is 0 Å². The molecule has 0 N–H and O–H groups in total. The highest BCUT2D eigenvalue weighted by atomic mass is 16.6. The minimum Gasteiger partial charge on any atom is -0.462 e. The monoisotopic (exact) mass is 1080 g/mol. The van der Waals surface area contributed by atoms with Gasteiger partial charge < -0.3 is 14.2 Å². The van der Waals surface area contributed by atoms with Gasteiger partial charge in [-0.25, -0.2) is 0 Å². The molecule has 1 atom stereocenters. The van der Waals surface area contributed by atoms with Crippen molar-refractivity contribution in [3.05, 3.63) is 194 Å². The smallest absolute Gasteiger partial charge is 0.306 e. The van der Waals surface area contributed by atoms with Gasteiger partial charge in [-0.15, -0.1) is 0 Å². The van der Waals surface area contributed by atoms with E-state index in [1.54, 1.807) is 0 Å². The zero-order valence-electron chi connectivity index (χ0n) is 50.0. The van der Waals surface area contributed by atoms with E-state index in [4.69, 9.17) is 14.2 Å². The average Bonchev–Trinajstić information content (AvgIpc) is 3.45. The molecule has 0 saturated heterocycles. The van der Waals surface area contributed by atoms with Crippen LogP contribution in [0, 0.1) is 0 Å². The first-order valence-electron chi connectivity index (χ1n) is 30.9. The Balaban J connectivity index is 4.62. The van der Waals surface area contributed by atoms with Gasteiger partial charge >= 0.3 is 17.9 Å². The maximum absolute atomic E-state index is 12.9. The molecule has 0 aliphatic heterocycles. The van der Waals surface area contributed by atoms with Gasteiger partial charge in [0.25, 0.3) is 0 Å². The van der Waals surface area contributed by atoms with E-state index in [9.17, 15) is 14.4 Å². The summed E-state index contributed by atoms with van der Waals surface area (Å²) in [5.74, 6) is -1.07. The normalized spacial score (nSPS) is 13.5. The summed E-state index contributed by atoms with van der Waals surface area (Å²) in [6.45, 7) is 6.19. The van der Waals surface area contributed by atoms with Crippen molar-refractivity contribution < 1.29 is 28.6 Å². The quantitative estimate of drug-likeness (QED) is 0.0261. The van der Waals surface area contributed by atoms with Crippen LogP contribution in [0.3, 0.4) is 0 Å². The van der Waals surface area contributed by atoms with Crippen molar-refractivity contribution in [2.24, 2.45) is 0 Å². The lowest BCUT2D eigenvalue weighted by Crippen LogP contribution is -2.30. The third kappa shape index (κ3) is 63.0. The minimum atomic E-state index is -0.850. The number of esters is 3. The molecule has 0 amide bonds. The molecule has 1 unspecified atom stereocenters. The third-order valence-electron chi connectivity index (χ3n) is 12.1. The summed E-state index contributed by atoms with van der Waals surface area (Å²) >= 11 is 0. The van der Waals surface area contributed by atoms with Crippen LogP contribution in [0.4, 0.5) is 0 Å². The summed E-state index contributed by atoms with van der Waals surface area (Å²) in [6.07, 6.45) is 98.6. The predicted octanol–water partition coefficient (Wildman–Crippen LogP) is 21.4. The summed E-state index contributed by atoms with van der Waals surface area (Å²) in [4.78, 5) is 38.3. The van der Waals surface area contributed by atoms with Crippen molar-refractivity contribution in [3.63, 3.8) is 0 Å². The van der Waals surface area contributed by atoms with E-state index in [1.807, 2.05) is 12.2 Å². The summed E-state index contributed by atoms with van der Waals surface area (Å²) < 4.78 is 16.8. The van der Waals surface area contributed by atoms with Crippen molar-refractivity contribution in [2.75, 3.05) is 13.2 Å². The van der Waals surface area contributed by atoms with E-state index in [1.165, 1.54) is 12.8 Å². The number of ether oxygens (including phenoxy) is 3. The fourth-order valence-electron chi connectivity index (χ4n) is 7.58. The van der Waals surface area contributed by atoms with Gasteiger partial charge in [0.15, 0.2) is 6.10 Å². The molecular weight excluding hydrogens is 973 g/mol. The first kappa shape index (κ1) is 73.2. The SMILES string of the molecule is CC/C=C\C/C=C\C/C=C\C/C=C\C/C=C\C/C=C\CCCCCCC(=O)OCC(COC(=O)CCCCCCCC/C=C\C/C=C\C/C=C\C/C=C\CC)OC(=O)CC/C=C\C/C=C\C/C=C\C/C=C\C/C=C\C/C=C\CC. The molecule has 6 heteroatoms. The van der Waals surface area contributed by atoms with Crippen LogP contribution in [0.15, 0.2) is 194 Å². The zero-order valence-corrected chi connectivity index (χ0v) is 50.0. The molecule has 0 aromatic heterocycles. The molecule has 0 heterocycles. The molecule has 0 rings (SSSR count). The number of rotatable bonds is 53. The molecule has 0 aliphatic carbocycles. The van der Waals surface area contributed by atoms with Gasteiger partial charge in [0.2, 0.25) is 0 Å². The van der Waals surface area contributed by atoms with E-state index < -0.39 is 12.1 Å². The molecule has 438 valence electrons. The van der Waals surface area contributed by atoms with Gasteiger partial charge in [-0.05, 0) is 148 Å². The lowest BCUT2D eigenvalue weighted by atomic mass is 10.1. The maximum Gasteiger partial charge on any atom is 0.306 e. The largest absolute Gasteiger partial charge is 0.462 e. The number of allylic oxidation sites excluding steroid dienone is 32. The highest BCUT2D eigenvalue weighted by Gasteiger charge is 2.19. The lowest BCUT2D eigenvalue weighted by molar-refractivity contribution is -0.166. The molecule has 0 aromatic carbocycles. The molecule has 0 bridgehead atoms. The fourth-order valence-corrected chi connectivity index (χ4v) is 7.58. The fraction of sp³-hybridized carbons (Fsp3) is 0.521. The van der Waals surface area contributed by atoms with Crippen LogP contribution in [-0.4, -0.2) is 37.2 Å². The second kappa shape index (κ2) is 64.8. The molecule has 0 saturated carbocycles. The van der Waals surface area contributed by atoms with Gasteiger partial charge in [-0.1, -0.05) is 254 Å². The number of carbonyl (C=O) groups excluding carboxylic acids is 3. The van der Waals surface area contributed by atoms with Crippen LogP contribution >= 0.6 is 0 Å². The van der Waals surface area contributed by atoms with Crippen molar-refractivity contribution in [2.45, 2.75) is 232 Å². The van der Waals surface area contributed by atoms with E-state index in [-0.39, 0.29) is 31.6 Å². The molecule has 0 aliphatic rings. The van der Waals surface area contributed by atoms with Crippen LogP contribution in [-0.2, 0) is 28.6 Å². The Morgan fingerprint density at radius 1 is 0.253 bits per heavy atom. The lowest BCUT2D eigenvalue weighted by Gasteiger charge is -2.18. The van der Waals surface area contributed by atoms with E-state index in [0.29, 0.717) is 19.3 Å². The van der Waals surface area contributed by atoms with E-state index >= 15 is 0 Å². The average molecular weight is 1080 g/mol. The van der Waals surface area contributed by atoms with Gasteiger partial charge in [-0.3, -0.25) is 14.4 Å². The Labute approximate surface area is 484 Å². The molecule has 0 spiro atoms. The standard InChI is InChI=1S/C73H110O6/c1-4-7-10-13-16-19-22-25-28-31-34-35-36-37-40-42-45-48-51-54-57-60-63-66-72(75)78-69-70(79-73(76)67-64-61-58-55-52-49-46-43-39-33-30-27-24-21-18-15-12-9-6-3)68-77-71(74)65-62-59-56-53-50-47-44-41-38-32-29-26-23-20-17-14-11-8-5-2/h7-12,16-21,25-30,34-35,37-41,43,45,48-49,52,58,61,70H,4-6,13-15,22-24,31-33,36,42,44,46-47,50-51,53-57,59-60,62-69H2,1-3H3/b10-7-,11-8-,12-9-,19-16-,20-17-,21-18-,28-25-,29-26-,30-27-,35-34-,40-37-,41-38-,43-39-,48-45-,52-49-,61-58-. The molecular formula is C73H110O6. The van der Waals surface area contributed by atoms with E-state index in [2.05, 4.69) is 203 Å². The number of carbonyl (C=O) groups is 3. The number of hydrogen-bond acceptors (Lipinski definition) is 6. The van der Waals surface area contributed by atoms with Gasteiger partial charge in [0.05, 0.1) is 0 Å². The molecule has 6 nitrogen and oxygen atoms in total. The highest BCUT2D eigenvalue weighted by molar-refractivity contribution is 5.71. The summed E-state index contributed by atoms with van der Waals surface area (Å²) in [5, 5.41) is 0. The minimum absolute atomic E-state index is 0.135. The Hall–Kier alpha value is -5.75. The van der Waals surface area contributed by atoms with E-state index in [0.717, 1.165) is 167 Å². The van der Waals surface area contributed by atoms with Crippen LogP contribution in [0.5, 0.6) is 0 Å². The first-order valence-corrected chi connectivity index (χ1v) is 30.9. The summed E-state index contributed by atoms with van der Waals surface area (Å²) in [7, 11) is 0. The molecule has 79 heavy (non-hydrogen) atoms. The van der Waals surface area contributed by atoms with Crippen molar-refractivity contribution in [1.82, 2.24) is 0 Å². The third-order valence-corrected chi connectivity index (χ3v) is 12.1. The first-order chi connectivity index (χ1) is 39.0. The summed E-state index contributed by atoms with van der Waals surface area (Å²) in [6, 6.07) is 0. The Morgan fingerprint density at radius 3 is 0.759 bits per heavy atom. The second-order valence-electron chi connectivity index (χ2n) is 19.5. The second-order valence-corrected chi connectivity index (χ2v) is 19.5. The molecule has 0 fully saturated rings. The van der Waals surface area contributed by atoms with Crippen LogP contribution in [0.1, 0.15) is 226 Å². The Morgan fingerprint density at radius 2 is 0.481 bits per heavy atom.